The zero-order chi connectivity index (χ0) is 22.0. The lowest BCUT2D eigenvalue weighted by Gasteiger charge is -2.11. The summed E-state index contributed by atoms with van der Waals surface area (Å²) in [6.07, 6.45) is 1.83. The summed E-state index contributed by atoms with van der Waals surface area (Å²) in [7, 11) is 0. The Kier molecular flexibility index (Phi) is 6.46. The number of halogens is 3. The average Bonchev–Trinajstić information content (AvgIpc) is 3.04. The molecule has 0 fully saturated rings. The number of hydrazone groups is 1. The molecule has 0 spiro atoms. The molecule has 0 saturated heterocycles. The summed E-state index contributed by atoms with van der Waals surface area (Å²) in [6.45, 7) is 2.18. The van der Waals surface area contributed by atoms with Gasteiger partial charge in [0, 0.05) is 0 Å². The van der Waals surface area contributed by atoms with Crippen molar-refractivity contribution in [3.63, 3.8) is 0 Å². The molecule has 3 aromatic carbocycles. The lowest BCUT2D eigenvalue weighted by Crippen LogP contribution is -2.21. The second kappa shape index (κ2) is 9.27. The maximum absolute atomic E-state index is 12.9. The predicted molar refractivity (Wildman–Crippen MR) is 130 cm³/mol. The van der Waals surface area contributed by atoms with Gasteiger partial charge >= 0.3 is 0 Å². The van der Waals surface area contributed by atoms with Crippen LogP contribution in [0.2, 0.25) is 10.0 Å². The minimum atomic E-state index is -0.153. The van der Waals surface area contributed by atoms with Crippen LogP contribution in [0.3, 0.4) is 0 Å². The van der Waals surface area contributed by atoms with Crippen molar-refractivity contribution in [1.29, 1.82) is 0 Å². The quantitative estimate of drug-likeness (QED) is 0.339. The zero-order valence-corrected chi connectivity index (χ0v) is 19.6. The van der Waals surface area contributed by atoms with Crippen LogP contribution in [0, 0.1) is 0 Å². The number of nitrogens with zero attached hydrogens (tertiary/aromatic N) is 2. The second-order valence-corrected chi connectivity index (χ2v) is 8.59. The molecule has 4 nitrogen and oxygen atoms in total. The van der Waals surface area contributed by atoms with E-state index in [4.69, 9.17) is 27.9 Å². The normalized spacial score (nSPS) is 14.8. The Labute approximate surface area is 198 Å². The first-order valence-corrected chi connectivity index (χ1v) is 11.0. The third-order valence-corrected chi connectivity index (χ3v) is 6.07. The molecule has 1 amide bonds. The topological polar surface area (TPSA) is 41.9 Å². The molecule has 0 aliphatic carbocycles. The standard InChI is InChI=1S/C24H17BrCl2N2O2/c1-15-19(24(30)29(28-15)18-5-3-2-4-6-18)11-16-8-10-23(20(25)12-16)31-14-17-7-9-21(26)22(27)13-17/h2-13H,14H2,1H3/b19-11+. The van der Waals surface area contributed by atoms with Gasteiger partial charge in [-0.3, -0.25) is 4.79 Å². The molecule has 0 radical (unpaired) electrons. The minimum Gasteiger partial charge on any atom is -0.488 e. The number of anilines is 1. The summed E-state index contributed by atoms with van der Waals surface area (Å²) in [6, 6.07) is 20.4. The van der Waals surface area contributed by atoms with Crippen LogP contribution < -0.4 is 9.75 Å². The van der Waals surface area contributed by atoms with Crippen molar-refractivity contribution in [3.05, 3.63) is 97.9 Å². The van der Waals surface area contributed by atoms with Crippen molar-refractivity contribution >= 4 is 62.5 Å². The molecule has 0 bridgehead atoms. The average molecular weight is 516 g/mol. The van der Waals surface area contributed by atoms with E-state index in [9.17, 15) is 4.79 Å². The van der Waals surface area contributed by atoms with Crippen LogP contribution in [-0.4, -0.2) is 11.6 Å². The van der Waals surface area contributed by atoms with E-state index >= 15 is 0 Å². The Hall–Kier alpha value is -2.60. The largest absolute Gasteiger partial charge is 0.488 e. The molecule has 1 aliphatic heterocycles. The molecule has 0 N–H and O–H groups in total. The fourth-order valence-electron chi connectivity index (χ4n) is 3.11. The van der Waals surface area contributed by atoms with Crippen molar-refractivity contribution in [2.75, 3.05) is 5.01 Å². The van der Waals surface area contributed by atoms with Gasteiger partial charge in [-0.2, -0.15) is 10.1 Å². The molecule has 156 valence electrons. The number of carbonyl (C=O) groups is 1. The maximum Gasteiger partial charge on any atom is 0.280 e. The summed E-state index contributed by atoms with van der Waals surface area (Å²) in [4.78, 5) is 12.9. The molecular formula is C24H17BrCl2N2O2. The van der Waals surface area contributed by atoms with Crippen LogP contribution in [0.1, 0.15) is 18.1 Å². The molecule has 4 rings (SSSR count). The molecule has 0 unspecified atom stereocenters. The number of amides is 1. The summed E-state index contributed by atoms with van der Waals surface area (Å²) in [5, 5.41) is 6.83. The monoisotopic (exact) mass is 514 g/mol. The fourth-order valence-corrected chi connectivity index (χ4v) is 3.94. The second-order valence-electron chi connectivity index (χ2n) is 6.92. The van der Waals surface area contributed by atoms with Crippen LogP contribution in [0.25, 0.3) is 6.08 Å². The van der Waals surface area contributed by atoms with Crippen molar-refractivity contribution in [3.8, 4) is 5.75 Å². The van der Waals surface area contributed by atoms with Gasteiger partial charge in [0.05, 0.1) is 31.5 Å². The third-order valence-electron chi connectivity index (χ3n) is 4.71. The highest BCUT2D eigenvalue weighted by atomic mass is 79.9. The Morgan fingerprint density at radius 2 is 1.81 bits per heavy atom. The Morgan fingerprint density at radius 1 is 1.03 bits per heavy atom. The summed E-state index contributed by atoms with van der Waals surface area (Å²) in [5.41, 5.74) is 3.74. The Balaban J connectivity index is 1.50. The highest BCUT2D eigenvalue weighted by Gasteiger charge is 2.28. The van der Waals surface area contributed by atoms with E-state index in [-0.39, 0.29) is 5.91 Å². The van der Waals surface area contributed by atoms with E-state index in [1.165, 1.54) is 5.01 Å². The number of carbonyl (C=O) groups excluding carboxylic acids is 1. The van der Waals surface area contributed by atoms with Gasteiger partial charge in [0.15, 0.2) is 0 Å². The zero-order valence-electron chi connectivity index (χ0n) is 16.5. The lowest BCUT2D eigenvalue weighted by atomic mass is 10.1. The molecule has 0 aromatic heterocycles. The van der Waals surface area contributed by atoms with E-state index in [0.29, 0.717) is 33.7 Å². The van der Waals surface area contributed by atoms with E-state index in [1.54, 1.807) is 12.1 Å². The van der Waals surface area contributed by atoms with E-state index < -0.39 is 0 Å². The maximum atomic E-state index is 12.9. The van der Waals surface area contributed by atoms with Gasteiger partial charge in [-0.25, -0.2) is 0 Å². The van der Waals surface area contributed by atoms with Gasteiger partial charge in [-0.15, -0.1) is 0 Å². The van der Waals surface area contributed by atoms with Crippen molar-refractivity contribution in [2.24, 2.45) is 5.10 Å². The number of hydrogen-bond donors (Lipinski definition) is 0. The number of ether oxygens (including phenoxy) is 1. The molecular weight excluding hydrogens is 499 g/mol. The lowest BCUT2D eigenvalue weighted by molar-refractivity contribution is -0.114. The van der Waals surface area contributed by atoms with E-state index in [2.05, 4.69) is 21.0 Å². The summed E-state index contributed by atoms with van der Waals surface area (Å²) < 4.78 is 6.67. The van der Waals surface area contributed by atoms with Gasteiger partial charge in [-0.1, -0.05) is 53.5 Å². The third kappa shape index (κ3) is 4.85. The molecule has 1 heterocycles. The van der Waals surface area contributed by atoms with Gasteiger partial charge in [0.2, 0.25) is 0 Å². The van der Waals surface area contributed by atoms with E-state index in [1.807, 2.05) is 67.6 Å². The van der Waals surface area contributed by atoms with Crippen LogP contribution in [0.4, 0.5) is 5.69 Å². The summed E-state index contributed by atoms with van der Waals surface area (Å²) in [5.74, 6) is 0.530. The molecule has 7 heteroatoms. The van der Waals surface area contributed by atoms with Gasteiger partial charge in [-0.05, 0) is 76.5 Å². The number of benzene rings is 3. The number of para-hydroxylation sites is 1. The smallest absolute Gasteiger partial charge is 0.280 e. The predicted octanol–water partition coefficient (Wildman–Crippen LogP) is 7.14. The molecule has 0 saturated carbocycles. The van der Waals surface area contributed by atoms with Crippen molar-refractivity contribution < 1.29 is 9.53 Å². The van der Waals surface area contributed by atoms with Crippen LogP contribution >= 0.6 is 39.1 Å². The SMILES string of the molecule is CC1=NN(c2ccccc2)C(=O)/C1=C/c1ccc(OCc2ccc(Cl)c(Cl)c2)c(Br)c1. The Morgan fingerprint density at radius 3 is 2.52 bits per heavy atom. The van der Waals surface area contributed by atoms with Gasteiger partial charge in [0.1, 0.15) is 12.4 Å². The molecule has 1 aliphatic rings. The first-order chi connectivity index (χ1) is 14.9. The van der Waals surface area contributed by atoms with Gasteiger partial charge < -0.3 is 4.74 Å². The first kappa shape index (κ1) is 21.6. The molecule has 0 atom stereocenters. The number of rotatable bonds is 5. The number of hydrogen-bond acceptors (Lipinski definition) is 3. The first-order valence-electron chi connectivity index (χ1n) is 9.45. The Bertz CT molecular complexity index is 1210. The minimum absolute atomic E-state index is 0.153. The van der Waals surface area contributed by atoms with Gasteiger partial charge in [0.25, 0.3) is 5.91 Å². The van der Waals surface area contributed by atoms with Crippen molar-refractivity contribution in [1.82, 2.24) is 0 Å². The highest BCUT2D eigenvalue weighted by molar-refractivity contribution is 9.10. The fraction of sp³-hybridized carbons (Fsp3) is 0.0833. The molecule has 3 aromatic rings. The highest BCUT2D eigenvalue weighted by Crippen LogP contribution is 2.30. The van der Waals surface area contributed by atoms with E-state index in [0.717, 1.165) is 21.3 Å². The van der Waals surface area contributed by atoms with Crippen molar-refractivity contribution in [2.45, 2.75) is 13.5 Å². The summed E-state index contributed by atoms with van der Waals surface area (Å²) >= 11 is 15.6. The van der Waals surface area contributed by atoms with Crippen LogP contribution in [0.15, 0.2) is 81.9 Å². The van der Waals surface area contributed by atoms with Crippen LogP contribution in [0.5, 0.6) is 5.75 Å². The van der Waals surface area contributed by atoms with Crippen LogP contribution in [-0.2, 0) is 11.4 Å². The molecule has 31 heavy (non-hydrogen) atoms.